The zero-order chi connectivity index (χ0) is 16.9. The van der Waals surface area contributed by atoms with Gasteiger partial charge < -0.3 is 20.1 Å². The van der Waals surface area contributed by atoms with E-state index < -0.39 is 0 Å². The Bertz CT molecular complexity index is 475. The van der Waals surface area contributed by atoms with Crippen molar-refractivity contribution in [2.24, 2.45) is 4.99 Å². The van der Waals surface area contributed by atoms with E-state index in [2.05, 4.69) is 22.5 Å². The molecule has 0 spiro atoms. The molecule has 0 aromatic heterocycles. The van der Waals surface area contributed by atoms with Crippen LogP contribution in [0.15, 0.2) is 29.3 Å². The van der Waals surface area contributed by atoms with Crippen LogP contribution in [0.4, 0.5) is 4.39 Å². The second-order valence-electron chi connectivity index (χ2n) is 5.20. The maximum Gasteiger partial charge on any atom is 0.191 e. The van der Waals surface area contributed by atoms with Gasteiger partial charge in [-0.2, -0.15) is 0 Å². The Morgan fingerprint density at radius 3 is 2.67 bits per heavy atom. The summed E-state index contributed by atoms with van der Waals surface area (Å²) in [7, 11) is 1.70. The lowest BCUT2D eigenvalue weighted by molar-refractivity contribution is 0.135. The predicted molar refractivity (Wildman–Crippen MR) is 107 cm³/mol. The van der Waals surface area contributed by atoms with E-state index in [1.54, 1.807) is 25.2 Å². The molecule has 5 nitrogen and oxygen atoms in total. The van der Waals surface area contributed by atoms with Crippen LogP contribution in [0, 0.1) is 5.82 Å². The van der Waals surface area contributed by atoms with Gasteiger partial charge in [0, 0.05) is 20.2 Å². The lowest BCUT2D eigenvalue weighted by atomic mass is 10.3. The second-order valence-corrected chi connectivity index (χ2v) is 5.20. The summed E-state index contributed by atoms with van der Waals surface area (Å²) in [5.74, 6) is 0.577. The van der Waals surface area contributed by atoms with Gasteiger partial charge in [-0.15, -0.1) is 24.0 Å². The van der Waals surface area contributed by atoms with Crippen molar-refractivity contribution >= 4 is 29.9 Å². The molecule has 0 aliphatic heterocycles. The molecule has 138 valence electrons. The van der Waals surface area contributed by atoms with Crippen molar-refractivity contribution in [1.82, 2.24) is 10.6 Å². The van der Waals surface area contributed by atoms with Crippen molar-refractivity contribution in [3.8, 4) is 5.75 Å². The van der Waals surface area contributed by atoms with E-state index in [4.69, 9.17) is 9.47 Å². The van der Waals surface area contributed by atoms with E-state index >= 15 is 0 Å². The highest BCUT2D eigenvalue weighted by Crippen LogP contribution is 2.16. The van der Waals surface area contributed by atoms with Crippen molar-refractivity contribution in [2.45, 2.75) is 32.8 Å². The van der Waals surface area contributed by atoms with E-state index in [1.807, 2.05) is 6.92 Å². The zero-order valence-corrected chi connectivity index (χ0v) is 17.0. The molecule has 0 saturated heterocycles. The number of nitrogens with one attached hydrogen (secondary N) is 2. The number of ether oxygens (including phenoxy) is 2. The van der Waals surface area contributed by atoms with Crippen LogP contribution in [0.1, 0.15) is 26.7 Å². The number of halogens is 2. The fourth-order valence-electron chi connectivity index (χ4n) is 1.85. The number of rotatable bonds is 10. The predicted octanol–water partition coefficient (Wildman–Crippen LogP) is 3.19. The molecule has 0 aliphatic rings. The summed E-state index contributed by atoms with van der Waals surface area (Å²) in [5.41, 5.74) is 0. The van der Waals surface area contributed by atoms with Gasteiger partial charge in [-0.1, -0.05) is 25.5 Å². The third kappa shape index (κ3) is 9.92. The van der Waals surface area contributed by atoms with Gasteiger partial charge in [-0.05, 0) is 25.5 Å². The van der Waals surface area contributed by atoms with Gasteiger partial charge in [0.1, 0.15) is 6.10 Å². The molecular weight excluding hydrogens is 424 g/mol. The van der Waals surface area contributed by atoms with Crippen molar-refractivity contribution in [3.05, 3.63) is 30.1 Å². The van der Waals surface area contributed by atoms with Crippen LogP contribution in [0.2, 0.25) is 0 Å². The van der Waals surface area contributed by atoms with E-state index in [0.717, 1.165) is 19.4 Å². The number of hydrogen-bond acceptors (Lipinski definition) is 3. The first-order chi connectivity index (χ1) is 11.2. The van der Waals surface area contributed by atoms with Gasteiger partial charge in [0.15, 0.2) is 17.5 Å². The largest absolute Gasteiger partial charge is 0.486 e. The number of unbranched alkanes of at least 4 members (excludes halogenated alkanes) is 1. The highest BCUT2D eigenvalue weighted by Gasteiger charge is 2.08. The molecule has 0 bridgehead atoms. The molecule has 0 radical (unpaired) electrons. The maximum atomic E-state index is 13.5. The molecule has 2 N–H and O–H groups in total. The molecule has 1 unspecified atom stereocenters. The molecule has 1 atom stereocenters. The summed E-state index contributed by atoms with van der Waals surface area (Å²) >= 11 is 0. The molecule has 0 fully saturated rings. The molecule has 1 rings (SSSR count). The van der Waals surface area contributed by atoms with Gasteiger partial charge in [0.2, 0.25) is 0 Å². The van der Waals surface area contributed by atoms with Crippen molar-refractivity contribution in [1.29, 1.82) is 0 Å². The highest BCUT2D eigenvalue weighted by atomic mass is 127. The van der Waals surface area contributed by atoms with E-state index in [-0.39, 0.29) is 41.6 Å². The van der Waals surface area contributed by atoms with Crippen LogP contribution < -0.4 is 15.4 Å². The second kappa shape index (κ2) is 14.3. The zero-order valence-electron chi connectivity index (χ0n) is 14.7. The molecule has 1 aromatic rings. The van der Waals surface area contributed by atoms with E-state index in [9.17, 15) is 4.39 Å². The van der Waals surface area contributed by atoms with E-state index in [0.29, 0.717) is 25.7 Å². The van der Waals surface area contributed by atoms with Crippen LogP contribution >= 0.6 is 24.0 Å². The van der Waals surface area contributed by atoms with Gasteiger partial charge in [-0.25, -0.2) is 4.39 Å². The van der Waals surface area contributed by atoms with Crippen LogP contribution in [0.25, 0.3) is 0 Å². The number of aliphatic imine (C=N–C) groups is 1. The molecule has 0 saturated carbocycles. The SMILES string of the molecule is CCCCOCCNC(=NC)NCC(C)Oc1ccccc1F.I. The molecule has 0 heterocycles. The Morgan fingerprint density at radius 1 is 1.25 bits per heavy atom. The van der Waals surface area contributed by atoms with Crippen molar-refractivity contribution in [3.63, 3.8) is 0 Å². The Hall–Kier alpha value is -1.09. The third-order valence-electron chi connectivity index (χ3n) is 3.13. The third-order valence-corrected chi connectivity index (χ3v) is 3.13. The molecule has 1 aromatic carbocycles. The van der Waals surface area contributed by atoms with Crippen molar-refractivity contribution < 1.29 is 13.9 Å². The van der Waals surface area contributed by atoms with E-state index in [1.165, 1.54) is 6.07 Å². The van der Waals surface area contributed by atoms with Crippen molar-refractivity contribution in [2.75, 3.05) is 33.4 Å². The number of para-hydroxylation sites is 1. The standard InChI is InChI=1S/C17H28FN3O2.HI/c1-4-5-11-22-12-10-20-17(19-3)21-13-14(2)23-16-9-7-6-8-15(16)18;/h6-9,14H,4-5,10-13H2,1-3H3,(H2,19,20,21);1H. The highest BCUT2D eigenvalue weighted by molar-refractivity contribution is 14.0. The summed E-state index contributed by atoms with van der Waals surface area (Å²) in [5, 5.41) is 6.31. The molecule has 0 amide bonds. The lowest BCUT2D eigenvalue weighted by Crippen LogP contribution is -2.42. The average molecular weight is 453 g/mol. The minimum atomic E-state index is -0.355. The minimum absolute atomic E-state index is 0. The Balaban J connectivity index is 0.00000529. The smallest absolute Gasteiger partial charge is 0.191 e. The normalized spacial score (nSPS) is 12.2. The quantitative estimate of drug-likeness (QED) is 0.247. The number of nitrogens with zero attached hydrogens (tertiary/aromatic N) is 1. The Kier molecular flexibility index (Phi) is 13.6. The monoisotopic (exact) mass is 453 g/mol. The number of benzene rings is 1. The van der Waals surface area contributed by atoms with Crippen LogP contribution in [-0.2, 0) is 4.74 Å². The minimum Gasteiger partial charge on any atom is -0.486 e. The molecule has 24 heavy (non-hydrogen) atoms. The summed E-state index contributed by atoms with van der Waals surface area (Å²) in [6.45, 7) is 6.65. The fourth-order valence-corrected chi connectivity index (χ4v) is 1.85. The average Bonchev–Trinajstić information content (AvgIpc) is 2.55. The maximum absolute atomic E-state index is 13.5. The Morgan fingerprint density at radius 2 is 2.00 bits per heavy atom. The molecular formula is C17H29FIN3O2. The Labute approximate surface area is 161 Å². The summed E-state index contributed by atoms with van der Waals surface area (Å²) in [4.78, 5) is 4.13. The summed E-state index contributed by atoms with van der Waals surface area (Å²) < 4.78 is 24.6. The fraction of sp³-hybridized carbons (Fsp3) is 0.588. The topological polar surface area (TPSA) is 54.9 Å². The van der Waals surface area contributed by atoms with Crippen LogP contribution in [-0.4, -0.2) is 45.4 Å². The first-order valence-corrected chi connectivity index (χ1v) is 8.10. The van der Waals surface area contributed by atoms with Crippen LogP contribution in [0.5, 0.6) is 5.75 Å². The molecule has 7 heteroatoms. The van der Waals surface area contributed by atoms with Gasteiger partial charge in [-0.3, -0.25) is 4.99 Å². The van der Waals surface area contributed by atoms with Gasteiger partial charge >= 0.3 is 0 Å². The molecule has 0 aliphatic carbocycles. The summed E-state index contributed by atoms with van der Waals surface area (Å²) in [6.07, 6.45) is 2.03. The first kappa shape index (κ1) is 22.9. The van der Waals surface area contributed by atoms with Crippen LogP contribution in [0.3, 0.4) is 0 Å². The number of guanidine groups is 1. The number of hydrogen-bond donors (Lipinski definition) is 2. The summed E-state index contributed by atoms with van der Waals surface area (Å²) in [6, 6.07) is 6.39. The van der Waals surface area contributed by atoms with Gasteiger partial charge in [0.05, 0.1) is 13.2 Å². The first-order valence-electron chi connectivity index (χ1n) is 8.10. The lowest BCUT2D eigenvalue weighted by Gasteiger charge is -2.18. The van der Waals surface area contributed by atoms with Gasteiger partial charge in [0.25, 0.3) is 0 Å².